The van der Waals surface area contributed by atoms with Crippen LogP contribution < -0.4 is 0 Å². The highest BCUT2D eigenvalue weighted by atomic mass is 16.3. The average Bonchev–Trinajstić information content (AvgIpc) is 1.65. The highest BCUT2D eigenvalue weighted by Gasteiger charge is 1.93. The maximum Gasteiger partial charge on any atom is 0.100 e. The Hall–Kier alpha value is -0.120. The Balaban J connectivity index is 0. The second-order valence-electron chi connectivity index (χ2n) is 1.02. The fourth-order valence-electron chi connectivity index (χ4n) is 0.0577. The van der Waals surface area contributed by atoms with E-state index >= 15 is 0 Å². The monoisotopic (exact) mass is 108 g/mol. The third-order valence-electron chi connectivity index (χ3n) is 0.421. The lowest BCUT2D eigenvalue weighted by molar-refractivity contribution is 0.0450. The van der Waals surface area contributed by atoms with E-state index in [1.165, 1.54) is 0 Å². The summed E-state index contributed by atoms with van der Waals surface area (Å²) in [5.41, 5.74) is 0. The lowest BCUT2D eigenvalue weighted by Gasteiger charge is -1.96. The number of hydrogen-bond acceptors (Lipinski definition) is 3. The van der Waals surface area contributed by atoms with Gasteiger partial charge in [0.1, 0.15) is 6.10 Å². The molecule has 0 saturated heterocycles. The first-order valence-electron chi connectivity index (χ1n) is 1.71. The predicted molar refractivity (Wildman–Crippen MR) is 26.9 cm³/mol. The first kappa shape index (κ1) is 9.99. The van der Waals surface area contributed by atoms with Crippen molar-refractivity contribution in [3.8, 4) is 0 Å². The van der Waals surface area contributed by atoms with E-state index in [9.17, 15) is 0 Å². The molecule has 46 valence electrons. The fourth-order valence-corrected chi connectivity index (χ4v) is 0.0577. The van der Waals surface area contributed by atoms with Crippen LogP contribution in [0.1, 0.15) is 7.43 Å². The van der Waals surface area contributed by atoms with Gasteiger partial charge in [-0.1, -0.05) is 7.43 Å². The summed E-state index contributed by atoms with van der Waals surface area (Å²) in [7, 11) is 0. The smallest absolute Gasteiger partial charge is 0.100 e. The second kappa shape index (κ2) is 5.88. The predicted octanol–water partition coefficient (Wildman–Crippen LogP) is -1.03. The number of rotatable bonds is 2. The zero-order chi connectivity index (χ0) is 4.99. The van der Waals surface area contributed by atoms with E-state index in [1.807, 2.05) is 0 Å². The van der Waals surface area contributed by atoms with Gasteiger partial charge in [0.05, 0.1) is 13.2 Å². The molecule has 0 radical (unpaired) electrons. The molecule has 0 spiro atoms. The highest BCUT2D eigenvalue weighted by Crippen LogP contribution is 1.71. The van der Waals surface area contributed by atoms with Crippen LogP contribution in [0.15, 0.2) is 0 Å². The van der Waals surface area contributed by atoms with Crippen LogP contribution >= 0.6 is 0 Å². The molecule has 3 nitrogen and oxygen atoms in total. The molecular weight excluding hydrogens is 96.0 g/mol. The highest BCUT2D eigenvalue weighted by molar-refractivity contribution is 4.43. The van der Waals surface area contributed by atoms with Crippen LogP contribution in [0.2, 0.25) is 0 Å². The Kier molecular flexibility index (Phi) is 8.39. The van der Waals surface area contributed by atoms with Gasteiger partial charge in [0.25, 0.3) is 0 Å². The average molecular weight is 108 g/mol. The van der Waals surface area contributed by atoms with Gasteiger partial charge in [-0.2, -0.15) is 0 Å². The van der Waals surface area contributed by atoms with Crippen molar-refractivity contribution in [2.45, 2.75) is 13.5 Å². The number of aliphatic hydroxyl groups is 3. The molecular formula is C4H12O3. The molecule has 0 unspecified atom stereocenters. The van der Waals surface area contributed by atoms with E-state index in [-0.39, 0.29) is 20.6 Å². The quantitative estimate of drug-likeness (QED) is 0.424. The summed E-state index contributed by atoms with van der Waals surface area (Å²) in [6.45, 7) is -0.729. The zero-order valence-electron chi connectivity index (χ0n) is 3.33. The van der Waals surface area contributed by atoms with Crippen LogP contribution in [-0.4, -0.2) is 34.6 Å². The normalized spacial score (nSPS) is 8.57. The summed E-state index contributed by atoms with van der Waals surface area (Å²) in [6, 6.07) is 0. The summed E-state index contributed by atoms with van der Waals surface area (Å²) in [5, 5.41) is 24.0. The Morgan fingerprint density at radius 3 is 1.43 bits per heavy atom. The summed E-state index contributed by atoms with van der Waals surface area (Å²) in [4.78, 5) is 0. The molecule has 0 amide bonds. The number of aliphatic hydroxyl groups excluding tert-OH is 3. The van der Waals surface area contributed by atoms with Crippen molar-refractivity contribution in [3.63, 3.8) is 0 Å². The van der Waals surface area contributed by atoms with Gasteiger partial charge in [-0.3, -0.25) is 0 Å². The van der Waals surface area contributed by atoms with E-state index in [1.54, 1.807) is 0 Å². The van der Waals surface area contributed by atoms with E-state index in [2.05, 4.69) is 0 Å². The van der Waals surface area contributed by atoms with Crippen molar-refractivity contribution >= 4 is 0 Å². The Morgan fingerprint density at radius 2 is 1.43 bits per heavy atom. The van der Waals surface area contributed by atoms with Crippen LogP contribution in [0.5, 0.6) is 0 Å². The lowest BCUT2D eigenvalue weighted by Crippen LogP contribution is -2.15. The molecule has 0 bridgehead atoms. The minimum absolute atomic E-state index is 0. The summed E-state index contributed by atoms with van der Waals surface area (Å²) in [6.07, 6.45) is -0.954. The molecule has 0 atom stereocenters. The molecule has 0 aromatic carbocycles. The molecule has 3 N–H and O–H groups in total. The SMILES string of the molecule is C.OCC(O)CO. The molecule has 0 aliphatic rings. The van der Waals surface area contributed by atoms with Gasteiger partial charge in [0.15, 0.2) is 0 Å². The second-order valence-corrected chi connectivity index (χ2v) is 1.02. The fraction of sp³-hybridized carbons (Fsp3) is 1.00. The van der Waals surface area contributed by atoms with Crippen LogP contribution in [0.25, 0.3) is 0 Å². The molecule has 0 fully saturated rings. The molecule has 0 aliphatic heterocycles. The first-order chi connectivity index (χ1) is 2.81. The largest absolute Gasteiger partial charge is 0.394 e. The van der Waals surface area contributed by atoms with E-state index in [0.29, 0.717) is 0 Å². The number of hydrogen-bond donors (Lipinski definition) is 3. The van der Waals surface area contributed by atoms with E-state index in [4.69, 9.17) is 15.3 Å². The molecule has 0 rings (SSSR count). The summed E-state index contributed by atoms with van der Waals surface area (Å²) >= 11 is 0. The van der Waals surface area contributed by atoms with Gasteiger partial charge in [-0.15, -0.1) is 0 Å². The van der Waals surface area contributed by atoms with Gasteiger partial charge in [0.2, 0.25) is 0 Å². The summed E-state index contributed by atoms with van der Waals surface area (Å²) in [5.74, 6) is 0. The third kappa shape index (κ3) is 5.88. The maximum atomic E-state index is 8.17. The Morgan fingerprint density at radius 1 is 1.14 bits per heavy atom. The molecule has 0 saturated carbocycles. The first-order valence-corrected chi connectivity index (χ1v) is 1.71. The van der Waals surface area contributed by atoms with Crippen molar-refractivity contribution in [1.82, 2.24) is 0 Å². The maximum absolute atomic E-state index is 8.17. The summed E-state index contributed by atoms with van der Waals surface area (Å²) < 4.78 is 0. The molecule has 0 aromatic heterocycles. The van der Waals surface area contributed by atoms with Gasteiger partial charge in [-0.05, 0) is 0 Å². The third-order valence-corrected chi connectivity index (χ3v) is 0.421. The van der Waals surface area contributed by atoms with Gasteiger partial charge in [0, 0.05) is 0 Å². The van der Waals surface area contributed by atoms with Crippen LogP contribution in [-0.2, 0) is 0 Å². The Bertz CT molecular complexity index is 26.1. The molecule has 7 heavy (non-hydrogen) atoms. The van der Waals surface area contributed by atoms with Crippen LogP contribution in [0.4, 0.5) is 0 Å². The van der Waals surface area contributed by atoms with Gasteiger partial charge >= 0.3 is 0 Å². The minimum atomic E-state index is -0.954. The van der Waals surface area contributed by atoms with Crippen molar-refractivity contribution < 1.29 is 15.3 Å². The van der Waals surface area contributed by atoms with Crippen molar-refractivity contribution in [2.24, 2.45) is 0 Å². The molecule has 3 heteroatoms. The van der Waals surface area contributed by atoms with Crippen molar-refractivity contribution in [2.75, 3.05) is 13.2 Å². The zero-order valence-corrected chi connectivity index (χ0v) is 3.33. The standard InChI is InChI=1S/C3H8O3.CH4/c4-1-3(6)2-5;/h3-6H,1-2H2;1H4. The van der Waals surface area contributed by atoms with Gasteiger partial charge < -0.3 is 15.3 Å². The lowest BCUT2D eigenvalue weighted by atomic mass is 10.4. The van der Waals surface area contributed by atoms with Gasteiger partial charge in [-0.25, -0.2) is 0 Å². The van der Waals surface area contributed by atoms with Crippen molar-refractivity contribution in [1.29, 1.82) is 0 Å². The van der Waals surface area contributed by atoms with Crippen molar-refractivity contribution in [3.05, 3.63) is 0 Å². The molecule has 0 aromatic rings. The molecule has 0 heterocycles. The van der Waals surface area contributed by atoms with Crippen LogP contribution in [0.3, 0.4) is 0 Å². The minimum Gasteiger partial charge on any atom is -0.394 e. The van der Waals surface area contributed by atoms with Crippen LogP contribution in [0, 0.1) is 0 Å². The van der Waals surface area contributed by atoms with E-state index in [0.717, 1.165) is 0 Å². The topological polar surface area (TPSA) is 60.7 Å². The Labute approximate surface area is 43.2 Å². The molecule has 0 aliphatic carbocycles. The van der Waals surface area contributed by atoms with E-state index < -0.39 is 6.10 Å².